The van der Waals surface area contributed by atoms with Gasteiger partial charge in [0.2, 0.25) is 0 Å². The van der Waals surface area contributed by atoms with Crippen LogP contribution in [0.15, 0.2) is 71.3 Å². The van der Waals surface area contributed by atoms with E-state index in [9.17, 15) is 9.59 Å². The van der Waals surface area contributed by atoms with Crippen LogP contribution in [0.2, 0.25) is 0 Å². The lowest BCUT2D eigenvalue weighted by atomic mass is 9.92. The number of carbonyl (C=O) groups is 2. The van der Waals surface area contributed by atoms with Crippen LogP contribution in [-0.2, 0) is 28.9 Å². The number of carbonyl (C=O) groups excluding carboxylic acids is 2. The molecule has 0 bridgehead atoms. The lowest BCUT2D eigenvalue weighted by Crippen LogP contribution is -2.31. The maximum Gasteiger partial charge on any atom is 0.263 e. The minimum atomic E-state index is -0.455. The van der Waals surface area contributed by atoms with Crippen molar-refractivity contribution in [2.45, 2.75) is 64.6 Å². The predicted octanol–water partition coefficient (Wildman–Crippen LogP) is 6.62. The van der Waals surface area contributed by atoms with Crippen molar-refractivity contribution in [3.05, 3.63) is 93.7 Å². The molecule has 6 rings (SSSR count). The number of para-hydroxylation sites is 2. The van der Waals surface area contributed by atoms with Crippen LogP contribution >= 0.6 is 15.9 Å². The summed E-state index contributed by atoms with van der Waals surface area (Å²) in [6.45, 7) is 7.66. The summed E-state index contributed by atoms with van der Waals surface area (Å²) in [6, 6.07) is 18.8. The van der Waals surface area contributed by atoms with Gasteiger partial charge in [-0.3, -0.25) is 9.59 Å². The summed E-state index contributed by atoms with van der Waals surface area (Å²) >= 11 is 3.41. The highest BCUT2D eigenvalue weighted by Crippen LogP contribution is 2.44. The molecule has 2 aromatic heterocycles. The van der Waals surface area contributed by atoms with Gasteiger partial charge in [0.25, 0.3) is 11.8 Å². The Bertz CT molecular complexity index is 1810. The zero-order valence-electron chi connectivity index (χ0n) is 26.8. The molecule has 11 heteroatoms. The van der Waals surface area contributed by atoms with E-state index in [-0.39, 0.29) is 30.6 Å². The third kappa shape index (κ3) is 7.85. The van der Waals surface area contributed by atoms with Crippen LogP contribution in [-0.4, -0.2) is 46.2 Å². The summed E-state index contributed by atoms with van der Waals surface area (Å²) in [6.07, 6.45) is 4.72. The van der Waals surface area contributed by atoms with Crippen molar-refractivity contribution >= 4 is 39.4 Å². The van der Waals surface area contributed by atoms with Gasteiger partial charge in [-0.15, -0.1) is 0 Å². The first-order valence-electron chi connectivity index (χ1n) is 15.5. The molecule has 0 spiro atoms. The number of nitrogens with zero attached hydrogens (tertiary/aromatic N) is 2. The lowest BCUT2D eigenvalue weighted by Gasteiger charge is -2.24. The summed E-state index contributed by atoms with van der Waals surface area (Å²) in [7, 11) is 0. The molecule has 10 nitrogen and oxygen atoms in total. The smallest absolute Gasteiger partial charge is 0.263 e. The maximum atomic E-state index is 12.6. The van der Waals surface area contributed by atoms with Gasteiger partial charge in [0.1, 0.15) is 22.8 Å². The molecule has 47 heavy (non-hydrogen) atoms. The normalized spacial score (nSPS) is 17.1. The number of amides is 2. The van der Waals surface area contributed by atoms with Crippen LogP contribution in [0, 0.1) is 6.92 Å². The Morgan fingerprint density at radius 3 is 2.09 bits per heavy atom. The fourth-order valence-electron chi connectivity index (χ4n) is 5.77. The second-order valence-electron chi connectivity index (χ2n) is 12.7. The van der Waals surface area contributed by atoms with E-state index in [4.69, 9.17) is 18.9 Å². The van der Waals surface area contributed by atoms with E-state index < -0.39 is 5.60 Å². The van der Waals surface area contributed by atoms with Crippen LogP contribution < -0.4 is 29.6 Å². The first-order chi connectivity index (χ1) is 22.5. The van der Waals surface area contributed by atoms with E-state index in [1.807, 2.05) is 69.3 Å². The Hall–Kier alpha value is -4.64. The molecular weight excluding hydrogens is 664 g/mol. The number of benzene rings is 2. The zero-order valence-corrected chi connectivity index (χ0v) is 28.4. The minimum absolute atomic E-state index is 0.154. The zero-order chi connectivity index (χ0) is 33.2. The molecule has 4 heterocycles. The van der Waals surface area contributed by atoms with Gasteiger partial charge in [0, 0.05) is 34.6 Å². The molecule has 0 saturated carbocycles. The number of nitrogens with one attached hydrogen (secondary N) is 2. The van der Waals surface area contributed by atoms with Crippen LogP contribution in [0.4, 0.5) is 11.6 Å². The van der Waals surface area contributed by atoms with Crippen molar-refractivity contribution in [1.82, 2.24) is 9.97 Å². The molecule has 2 amide bonds. The first kappa shape index (κ1) is 32.3. The SMILES string of the molecule is Cc1nc(NC(=O)COc2cccc3c2OC(C)(CCc2ccc(NC(=O)COc4cccc5c4OC(C)(C)C5)nc2)C3)ccc1Br. The van der Waals surface area contributed by atoms with Gasteiger partial charge in [0.15, 0.2) is 36.2 Å². The Morgan fingerprint density at radius 2 is 1.45 bits per heavy atom. The van der Waals surface area contributed by atoms with Gasteiger partial charge in [-0.2, -0.15) is 0 Å². The Balaban J connectivity index is 0.975. The van der Waals surface area contributed by atoms with Crippen LogP contribution in [0.3, 0.4) is 0 Å². The second kappa shape index (κ2) is 13.2. The topological polar surface area (TPSA) is 121 Å². The van der Waals surface area contributed by atoms with E-state index in [0.29, 0.717) is 41.1 Å². The minimum Gasteiger partial charge on any atom is -0.483 e. The van der Waals surface area contributed by atoms with Gasteiger partial charge in [-0.1, -0.05) is 30.3 Å². The van der Waals surface area contributed by atoms with Crippen molar-refractivity contribution in [2.24, 2.45) is 0 Å². The number of rotatable bonds is 11. The Kier molecular flexibility index (Phi) is 9.09. The molecule has 0 aliphatic carbocycles. The van der Waals surface area contributed by atoms with Crippen molar-refractivity contribution in [3.8, 4) is 23.0 Å². The van der Waals surface area contributed by atoms with Gasteiger partial charge < -0.3 is 29.6 Å². The monoisotopic (exact) mass is 700 g/mol. The molecule has 0 saturated heterocycles. The molecule has 244 valence electrons. The number of hydrogen-bond acceptors (Lipinski definition) is 8. The molecule has 1 atom stereocenters. The summed E-state index contributed by atoms with van der Waals surface area (Å²) in [5.74, 6) is 2.75. The first-order valence-corrected chi connectivity index (χ1v) is 16.3. The second-order valence-corrected chi connectivity index (χ2v) is 13.6. The van der Waals surface area contributed by atoms with Gasteiger partial charge in [0.05, 0.1) is 5.69 Å². The van der Waals surface area contributed by atoms with E-state index >= 15 is 0 Å². The van der Waals surface area contributed by atoms with E-state index in [2.05, 4.69) is 43.5 Å². The van der Waals surface area contributed by atoms with Gasteiger partial charge in [-0.25, -0.2) is 9.97 Å². The fraction of sp³-hybridized carbons (Fsp3) is 0.333. The highest BCUT2D eigenvalue weighted by atomic mass is 79.9. The van der Waals surface area contributed by atoms with Crippen molar-refractivity contribution in [1.29, 1.82) is 0 Å². The Labute approximate surface area is 282 Å². The summed E-state index contributed by atoms with van der Waals surface area (Å²) < 4.78 is 25.0. The average molecular weight is 702 g/mol. The van der Waals surface area contributed by atoms with E-state index in [1.165, 1.54) is 0 Å². The number of anilines is 2. The Morgan fingerprint density at radius 1 is 0.830 bits per heavy atom. The molecule has 1 unspecified atom stereocenters. The quantitative estimate of drug-likeness (QED) is 0.179. The number of pyridine rings is 2. The highest BCUT2D eigenvalue weighted by Gasteiger charge is 2.36. The number of halogens is 1. The molecule has 2 aliphatic heterocycles. The predicted molar refractivity (Wildman–Crippen MR) is 182 cm³/mol. The number of aromatic nitrogens is 2. The number of hydrogen-bond donors (Lipinski definition) is 2. The summed E-state index contributed by atoms with van der Waals surface area (Å²) in [5.41, 5.74) is 3.16. The number of ether oxygens (including phenoxy) is 4. The van der Waals surface area contributed by atoms with E-state index in [0.717, 1.165) is 46.1 Å². The largest absolute Gasteiger partial charge is 0.483 e. The highest BCUT2D eigenvalue weighted by molar-refractivity contribution is 9.10. The van der Waals surface area contributed by atoms with Crippen molar-refractivity contribution in [2.75, 3.05) is 23.8 Å². The molecule has 2 N–H and O–H groups in total. The van der Waals surface area contributed by atoms with Crippen LogP contribution in [0.5, 0.6) is 23.0 Å². The van der Waals surface area contributed by atoms with E-state index in [1.54, 1.807) is 18.3 Å². The maximum absolute atomic E-state index is 12.6. The van der Waals surface area contributed by atoms with Crippen molar-refractivity contribution < 1.29 is 28.5 Å². The number of fused-ring (bicyclic) bond motifs is 2. The standard InChI is InChI=1S/C36H37BrN4O6/c1-22-26(37)12-14-30(39-22)41-32(43)21-45-28-10-6-8-25-18-36(4,47-34(25)28)16-15-23-11-13-29(38-19-23)40-31(42)20-44-27-9-5-7-24-17-35(2,3)46-33(24)27/h5-14,19H,15-18,20-21H2,1-4H3,(H,38,40,42)(H,39,41,43). The summed E-state index contributed by atoms with van der Waals surface area (Å²) in [5, 5.41) is 5.56. The molecule has 0 fully saturated rings. The van der Waals surface area contributed by atoms with Gasteiger partial charge >= 0.3 is 0 Å². The fourth-order valence-corrected chi connectivity index (χ4v) is 5.99. The van der Waals surface area contributed by atoms with Gasteiger partial charge in [-0.05, 0) is 92.4 Å². The summed E-state index contributed by atoms with van der Waals surface area (Å²) in [4.78, 5) is 33.9. The van der Waals surface area contributed by atoms with Crippen molar-refractivity contribution in [3.63, 3.8) is 0 Å². The molecule has 2 aromatic carbocycles. The third-order valence-electron chi connectivity index (χ3n) is 8.07. The molecular formula is C36H37BrN4O6. The number of aryl methyl sites for hydroxylation is 2. The molecule has 2 aliphatic rings. The molecule has 0 radical (unpaired) electrons. The van der Waals surface area contributed by atoms with Crippen LogP contribution in [0.1, 0.15) is 49.6 Å². The van der Waals surface area contributed by atoms with Crippen LogP contribution in [0.25, 0.3) is 0 Å². The average Bonchev–Trinajstić information content (AvgIpc) is 3.55. The molecule has 4 aromatic rings. The third-order valence-corrected chi connectivity index (χ3v) is 8.91. The lowest BCUT2D eigenvalue weighted by molar-refractivity contribution is -0.118.